The molecule has 1 N–H and O–H groups in total. The minimum absolute atomic E-state index is 0.127. The first-order valence-electron chi connectivity index (χ1n) is 7.45. The first kappa shape index (κ1) is 16.4. The Morgan fingerprint density at radius 3 is 2.87 bits per heavy atom. The third-order valence-electron chi connectivity index (χ3n) is 4.02. The van der Waals surface area contributed by atoms with Gasteiger partial charge in [-0.05, 0) is 36.0 Å². The summed E-state index contributed by atoms with van der Waals surface area (Å²) < 4.78 is 32.3. The Morgan fingerprint density at radius 1 is 1.30 bits per heavy atom. The lowest BCUT2D eigenvalue weighted by Gasteiger charge is -2.18. The van der Waals surface area contributed by atoms with E-state index in [-0.39, 0.29) is 6.04 Å². The summed E-state index contributed by atoms with van der Waals surface area (Å²) in [4.78, 5) is 1.40. The average Bonchev–Trinajstić information content (AvgIpc) is 3.01. The van der Waals surface area contributed by atoms with E-state index >= 15 is 0 Å². The Balaban J connectivity index is 2.08. The quantitative estimate of drug-likeness (QED) is 0.841. The molecule has 0 amide bonds. The molecule has 2 aromatic rings. The van der Waals surface area contributed by atoms with Gasteiger partial charge in [0.25, 0.3) is 10.0 Å². The Morgan fingerprint density at radius 2 is 2.09 bits per heavy atom. The summed E-state index contributed by atoms with van der Waals surface area (Å²) in [7, 11) is -0.237. The molecule has 1 atom stereocenters. The Labute approximate surface area is 140 Å². The molecule has 2 heterocycles. The summed E-state index contributed by atoms with van der Waals surface area (Å²) in [5, 5.41) is 5.43. The number of nitrogens with zero attached hydrogens (tertiary/aromatic N) is 1. The number of hydrogen-bond acceptors (Lipinski definition) is 5. The van der Waals surface area contributed by atoms with Crippen LogP contribution in [-0.4, -0.2) is 35.7 Å². The largest absolute Gasteiger partial charge is 0.385 e. The topological polar surface area (TPSA) is 58.6 Å². The van der Waals surface area contributed by atoms with Gasteiger partial charge in [0, 0.05) is 20.8 Å². The van der Waals surface area contributed by atoms with E-state index in [0.717, 1.165) is 29.1 Å². The van der Waals surface area contributed by atoms with E-state index in [1.807, 2.05) is 23.6 Å². The van der Waals surface area contributed by atoms with Crippen molar-refractivity contribution in [1.29, 1.82) is 0 Å². The molecule has 0 spiro atoms. The lowest BCUT2D eigenvalue weighted by molar-refractivity contribution is 0.193. The molecule has 0 aliphatic carbocycles. The third kappa shape index (κ3) is 2.89. The van der Waals surface area contributed by atoms with Gasteiger partial charge in [-0.15, -0.1) is 11.3 Å². The number of hydrogen-bond donors (Lipinski definition) is 1. The molecule has 124 valence electrons. The molecule has 0 bridgehead atoms. The molecule has 0 saturated heterocycles. The summed E-state index contributed by atoms with van der Waals surface area (Å²) in [6, 6.07) is 8.97. The zero-order chi connectivity index (χ0) is 16.4. The van der Waals surface area contributed by atoms with Gasteiger partial charge in [0.15, 0.2) is 0 Å². The third-order valence-corrected chi connectivity index (χ3v) is 6.83. The lowest BCUT2D eigenvalue weighted by Crippen LogP contribution is -2.26. The van der Waals surface area contributed by atoms with Crippen molar-refractivity contribution < 1.29 is 13.2 Å². The number of ether oxygens (including phenoxy) is 1. The van der Waals surface area contributed by atoms with Crippen LogP contribution in [0.2, 0.25) is 0 Å². The summed E-state index contributed by atoms with van der Waals surface area (Å²) >= 11 is 1.58. The lowest BCUT2D eigenvalue weighted by atomic mass is 10.0. The zero-order valence-electron chi connectivity index (χ0n) is 13.2. The normalized spacial score (nSPS) is 19.0. The van der Waals surface area contributed by atoms with Gasteiger partial charge in [-0.3, -0.25) is 4.31 Å². The summed E-state index contributed by atoms with van der Waals surface area (Å²) in [5.41, 5.74) is 1.55. The monoisotopic (exact) mass is 352 g/mol. The highest BCUT2D eigenvalue weighted by molar-refractivity contribution is 7.92. The van der Waals surface area contributed by atoms with Crippen molar-refractivity contribution in [3.8, 4) is 0 Å². The number of sulfonamides is 1. The molecule has 0 saturated carbocycles. The van der Waals surface area contributed by atoms with Gasteiger partial charge in [0.2, 0.25) is 0 Å². The molecule has 23 heavy (non-hydrogen) atoms. The maximum Gasteiger partial charge on any atom is 0.264 e. The number of benzene rings is 1. The van der Waals surface area contributed by atoms with Crippen molar-refractivity contribution in [2.24, 2.45) is 0 Å². The highest BCUT2D eigenvalue weighted by Crippen LogP contribution is 2.42. The molecule has 1 aliphatic heterocycles. The first-order valence-corrected chi connectivity index (χ1v) is 9.77. The van der Waals surface area contributed by atoms with Crippen LogP contribution in [0.25, 0.3) is 0 Å². The van der Waals surface area contributed by atoms with Crippen LogP contribution in [0.3, 0.4) is 0 Å². The van der Waals surface area contributed by atoms with E-state index in [1.54, 1.807) is 37.6 Å². The van der Waals surface area contributed by atoms with Crippen LogP contribution in [0.1, 0.15) is 22.9 Å². The molecule has 3 rings (SSSR count). The molecular weight excluding hydrogens is 332 g/mol. The molecule has 1 aromatic heterocycles. The molecule has 7 heteroatoms. The van der Waals surface area contributed by atoms with Crippen molar-refractivity contribution in [2.75, 3.05) is 31.6 Å². The second-order valence-corrected chi connectivity index (χ2v) is 8.30. The standard InChI is InChI=1S/C16H20N2O3S2/c1-18-13-8-11-22-16(13)15(17-9-5-10-21-2)12-6-3-4-7-14(12)23(18,19)20/h3-4,6-8,11,15,17H,5,9-10H2,1-2H3. The van der Waals surface area contributed by atoms with Gasteiger partial charge >= 0.3 is 0 Å². The number of thiophene rings is 1. The first-order chi connectivity index (χ1) is 11.1. The predicted molar refractivity (Wildman–Crippen MR) is 92.7 cm³/mol. The maximum atomic E-state index is 12.9. The van der Waals surface area contributed by atoms with Crippen LogP contribution in [0, 0.1) is 0 Å². The highest BCUT2D eigenvalue weighted by atomic mass is 32.2. The van der Waals surface area contributed by atoms with E-state index in [9.17, 15) is 8.42 Å². The van der Waals surface area contributed by atoms with E-state index in [0.29, 0.717) is 11.5 Å². The minimum Gasteiger partial charge on any atom is -0.385 e. The zero-order valence-corrected chi connectivity index (χ0v) is 14.8. The fourth-order valence-electron chi connectivity index (χ4n) is 2.83. The van der Waals surface area contributed by atoms with Gasteiger partial charge < -0.3 is 10.1 Å². The molecule has 5 nitrogen and oxygen atoms in total. The Hall–Kier alpha value is -1.41. The molecule has 1 aliphatic rings. The number of fused-ring (bicyclic) bond motifs is 2. The average molecular weight is 352 g/mol. The van der Waals surface area contributed by atoms with E-state index in [1.165, 1.54) is 4.31 Å². The Kier molecular flexibility index (Phi) is 4.72. The van der Waals surface area contributed by atoms with E-state index < -0.39 is 10.0 Å². The molecular formula is C16H20N2O3S2. The maximum absolute atomic E-state index is 12.9. The van der Waals surface area contributed by atoms with Crippen LogP contribution in [-0.2, 0) is 14.8 Å². The minimum atomic E-state index is -3.53. The fourth-order valence-corrected chi connectivity index (χ4v) is 5.35. The van der Waals surface area contributed by atoms with Crippen LogP contribution in [0.4, 0.5) is 5.69 Å². The van der Waals surface area contributed by atoms with Crippen molar-refractivity contribution in [1.82, 2.24) is 5.32 Å². The van der Waals surface area contributed by atoms with Crippen LogP contribution >= 0.6 is 11.3 Å². The number of methoxy groups -OCH3 is 1. The summed E-state index contributed by atoms with van der Waals surface area (Å²) in [5.74, 6) is 0. The SMILES string of the molecule is COCCCNC1c2ccccc2S(=O)(=O)N(C)c2ccsc21. The number of rotatable bonds is 5. The second-order valence-electron chi connectivity index (χ2n) is 5.41. The predicted octanol–water partition coefficient (Wildman–Crippen LogP) is 2.60. The summed E-state index contributed by atoms with van der Waals surface area (Å²) in [6.07, 6.45) is 0.873. The summed E-state index contributed by atoms with van der Waals surface area (Å²) in [6.45, 7) is 1.44. The van der Waals surface area contributed by atoms with Crippen LogP contribution in [0.15, 0.2) is 40.6 Å². The fraction of sp³-hybridized carbons (Fsp3) is 0.375. The molecule has 1 unspecified atom stereocenters. The van der Waals surface area contributed by atoms with Crippen molar-refractivity contribution in [3.63, 3.8) is 0 Å². The van der Waals surface area contributed by atoms with Crippen molar-refractivity contribution >= 4 is 27.0 Å². The van der Waals surface area contributed by atoms with Gasteiger partial charge in [-0.1, -0.05) is 18.2 Å². The van der Waals surface area contributed by atoms with Gasteiger partial charge in [-0.2, -0.15) is 0 Å². The van der Waals surface area contributed by atoms with E-state index in [2.05, 4.69) is 5.32 Å². The van der Waals surface area contributed by atoms with Crippen LogP contribution in [0.5, 0.6) is 0 Å². The molecule has 1 aromatic carbocycles. The molecule has 0 fully saturated rings. The van der Waals surface area contributed by atoms with Gasteiger partial charge in [0.05, 0.1) is 21.5 Å². The second kappa shape index (κ2) is 6.60. The highest BCUT2D eigenvalue weighted by Gasteiger charge is 2.35. The Bertz CT molecular complexity index is 786. The van der Waals surface area contributed by atoms with Crippen molar-refractivity contribution in [3.05, 3.63) is 46.2 Å². The van der Waals surface area contributed by atoms with E-state index in [4.69, 9.17) is 4.74 Å². The van der Waals surface area contributed by atoms with Crippen molar-refractivity contribution in [2.45, 2.75) is 17.4 Å². The number of nitrogens with one attached hydrogen (secondary N) is 1. The number of anilines is 1. The van der Waals surface area contributed by atoms with Gasteiger partial charge in [-0.25, -0.2) is 8.42 Å². The molecule has 0 radical (unpaired) electrons. The smallest absolute Gasteiger partial charge is 0.264 e. The van der Waals surface area contributed by atoms with Crippen LogP contribution < -0.4 is 9.62 Å². The van der Waals surface area contributed by atoms with Gasteiger partial charge in [0.1, 0.15) is 0 Å².